The summed E-state index contributed by atoms with van der Waals surface area (Å²) in [5.41, 5.74) is 0.0852. The smallest absolute Gasteiger partial charge is 0.325 e. The molecule has 2 heterocycles. The zero-order valence-electron chi connectivity index (χ0n) is 18.8. The molecule has 4 rings (SSSR count). The fourth-order valence-electron chi connectivity index (χ4n) is 3.92. The van der Waals surface area contributed by atoms with Gasteiger partial charge < -0.3 is 5.32 Å². The second-order valence-corrected chi connectivity index (χ2v) is 8.34. The average Bonchev–Trinajstić information content (AvgIpc) is 3.12. The van der Waals surface area contributed by atoms with Crippen LogP contribution >= 0.6 is 0 Å². The molecule has 9 heteroatoms. The first-order chi connectivity index (χ1) is 16.1. The first-order valence-electron chi connectivity index (χ1n) is 10.7. The van der Waals surface area contributed by atoms with Crippen LogP contribution in [0.25, 0.3) is 22.3 Å². The summed E-state index contributed by atoms with van der Waals surface area (Å²) in [4.78, 5) is 25.5. The second-order valence-electron chi connectivity index (χ2n) is 8.34. The van der Waals surface area contributed by atoms with Gasteiger partial charge in [-0.05, 0) is 23.6 Å². The summed E-state index contributed by atoms with van der Waals surface area (Å²) >= 11 is 0. The van der Waals surface area contributed by atoms with E-state index in [4.69, 9.17) is 0 Å². The molecule has 1 amide bonds. The van der Waals surface area contributed by atoms with Gasteiger partial charge in [-0.3, -0.25) is 18.8 Å². The lowest BCUT2D eigenvalue weighted by atomic mass is 10.0. The molecule has 0 unspecified atom stereocenters. The van der Waals surface area contributed by atoms with E-state index in [1.807, 2.05) is 26.0 Å². The molecule has 34 heavy (non-hydrogen) atoms. The van der Waals surface area contributed by atoms with E-state index in [0.717, 1.165) is 10.1 Å². The number of amides is 1. The molecular formula is C25H23F3N4O2. The highest BCUT2D eigenvalue weighted by Gasteiger charge is 2.37. The van der Waals surface area contributed by atoms with E-state index < -0.39 is 29.8 Å². The summed E-state index contributed by atoms with van der Waals surface area (Å²) in [6.45, 7) is 3.63. The van der Waals surface area contributed by atoms with Gasteiger partial charge in [0.15, 0.2) is 0 Å². The van der Waals surface area contributed by atoms with Crippen molar-refractivity contribution in [2.24, 2.45) is 7.05 Å². The first-order valence-corrected chi connectivity index (χ1v) is 10.7. The molecule has 2 aromatic carbocycles. The zero-order chi connectivity index (χ0) is 24.6. The van der Waals surface area contributed by atoms with E-state index in [2.05, 4.69) is 10.4 Å². The summed E-state index contributed by atoms with van der Waals surface area (Å²) in [5, 5.41) is 6.75. The molecule has 4 aromatic rings. The molecule has 1 N–H and O–H groups in total. The third kappa shape index (κ3) is 4.46. The Balaban J connectivity index is 1.79. The Bertz CT molecular complexity index is 1400. The van der Waals surface area contributed by atoms with E-state index in [1.54, 1.807) is 42.5 Å². The van der Waals surface area contributed by atoms with Crippen molar-refractivity contribution in [2.45, 2.75) is 32.5 Å². The maximum Gasteiger partial charge on any atom is 0.417 e. The topological polar surface area (TPSA) is 68.9 Å². The summed E-state index contributed by atoms with van der Waals surface area (Å²) in [6.07, 6.45) is -4.77. The number of carbonyl (C=O) groups excluding carboxylic acids is 1. The Labute approximate surface area is 193 Å². The number of hydrogen-bond acceptors (Lipinski definition) is 3. The van der Waals surface area contributed by atoms with Crippen LogP contribution in [0.2, 0.25) is 0 Å². The Hall–Kier alpha value is -3.88. The third-order valence-corrected chi connectivity index (χ3v) is 5.59. The van der Waals surface area contributed by atoms with Crippen LogP contribution < -0.4 is 10.9 Å². The van der Waals surface area contributed by atoms with Gasteiger partial charge in [0.25, 0.3) is 5.56 Å². The van der Waals surface area contributed by atoms with Gasteiger partial charge in [-0.2, -0.15) is 18.3 Å². The number of aryl methyl sites for hydroxylation is 1. The van der Waals surface area contributed by atoms with Crippen LogP contribution in [-0.4, -0.2) is 20.3 Å². The highest BCUT2D eigenvalue weighted by molar-refractivity contribution is 5.96. The molecule has 0 atom stereocenters. The minimum absolute atomic E-state index is 0.0796. The number of halogens is 3. The van der Waals surface area contributed by atoms with Crippen LogP contribution in [0, 0.1) is 0 Å². The van der Waals surface area contributed by atoms with E-state index in [1.165, 1.54) is 11.7 Å². The van der Waals surface area contributed by atoms with Crippen molar-refractivity contribution in [1.82, 2.24) is 14.3 Å². The molecule has 0 aliphatic heterocycles. The van der Waals surface area contributed by atoms with Crippen LogP contribution in [0.3, 0.4) is 0 Å². The number of alkyl halides is 3. The van der Waals surface area contributed by atoms with Gasteiger partial charge in [0.1, 0.15) is 17.9 Å². The van der Waals surface area contributed by atoms with Crippen molar-refractivity contribution in [2.75, 3.05) is 5.32 Å². The number of nitrogens with one attached hydrogen (secondary N) is 1. The number of benzene rings is 2. The van der Waals surface area contributed by atoms with Gasteiger partial charge in [-0.15, -0.1) is 0 Å². The van der Waals surface area contributed by atoms with Gasteiger partial charge in [-0.25, -0.2) is 0 Å². The Morgan fingerprint density at radius 3 is 2.29 bits per heavy atom. The summed E-state index contributed by atoms with van der Waals surface area (Å²) in [6, 6.07) is 16.2. The number of aromatic nitrogens is 3. The van der Waals surface area contributed by atoms with Crippen molar-refractivity contribution in [3.63, 3.8) is 0 Å². The SMILES string of the molecule is CC(C)c1ccc(NC(=O)Cn2c(=O)cc(C(F)(F)F)c3c(-c4ccccc4)nn(C)c32)cc1. The predicted octanol–water partition coefficient (Wildman–Crippen LogP) is 5.18. The van der Waals surface area contributed by atoms with Gasteiger partial charge in [0, 0.05) is 24.4 Å². The lowest BCUT2D eigenvalue weighted by Gasteiger charge is -2.14. The van der Waals surface area contributed by atoms with Gasteiger partial charge in [0.05, 0.1) is 10.9 Å². The highest BCUT2D eigenvalue weighted by Crippen LogP contribution is 2.38. The summed E-state index contributed by atoms with van der Waals surface area (Å²) < 4.78 is 44.0. The van der Waals surface area contributed by atoms with Gasteiger partial charge in [-0.1, -0.05) is 56.3 Å². The predicted molar refractivity (Wildman–Crippen MR) is 125 cm³/mol. The number of pyridine rings is 1. The molecular weight excluding hydrogens is 445 g/mol. The molecule has 0 saturated carbocycles. The van der Waals surface area contributed by atoms with Crippen LogP contribution in [0.15, 0.2) is 65.5 Å². The second kappa shape index (κ2) is 8.81. The number of fused-ring (bicyclic) bond motifs is 1. The number of hydrogen-bond donors (Lipinski definition) is 1. The van der Waals surface area contributed by atoms with Crippen molar-refractivity contribution < 1.29 is 18.0 Å². The summed E-state index contributed by atoms with van der Waals surface area (Å²) in [7, 11) is 1.45. The molecule has 2 aromatic heterocycles. The molecule has 0 radical (unpaired) electrons. The minimum Gasteiger partial charge on any atom is -0.325 e. The number of anilines is 1. The lowest BCUT2D eigenvalue weighted by molar-refractivity contribution is -0.136. The highest BCUT2D eigenvalue weighted by atomic mass is 19.4. The molecule has 0 bridgehead atoms. The molecule has 0 aliphatic carbocycles. The van der Waals surface area contributed by atoms with Crippen LogP contribution in [0.4, 0.5) is 18.9 Å². The van der Waals surface area contributed by atoms with Gasteiger partial charge >= 0.3 is 6.18 Å². The maximum absolute atomic E-state index is 13.9. The Morgan fingerprint density at radius 2 is 1.71 bits per heavy atom. The fraction of sp³-hybridized carbons (Fsp3) is 0.240. The molecule has 0 fully saturated rings. The van der Waals surface area contributed by atoms with Crippen LogP contribution in [0.5, 0.6) is 0 Å². The monoisotopic (exact) mass is 468 g/mol. The Kier molecular flexibility index (Phi) is 6.03. The van der Waals surface area contributed by atoms with E-state index >= 15 is 0 Å². The van der Waals surface area contributed by atoms with E-state index in [9.17, 15) is 22.8 Å². The maximum atomic E-state index is 13.9. The van der Waals surface area contributed by atoms with E-state index in [-0.39, 0.29) is 16.7 Å². The number of rotatable bonds is 5. The van der Waals surface area contributed by atoms with Crippen LogP contribution in [0.1, 0.15) is 30.9 Å². The fourth-order valence-corrected chi connectivity index (χ4v) is 3.92. The van der Waals surface area contributed by atoms with Crippen molar-refractivity contribution in [1.29, 1.82) is 0 Å². The zero-order valence-corrected chi connectivity index (χ0v) is 18.8. The molecule has 176 valence electrons. The molecule has 0 spiro atoms. The molecule has 0 aliphatic rings. The summed E-state index contributed by atoms with van der Waals surface area (Å²) in [5.74, 6) is -0.213. The number of nitrogens with zero attached hydrogens (tertiary/aromatic N) is 3. The first kappa shape index (κ1) is 23.3. The van der Waals surface area contributed by atoms with Crippen molar-refractivity contribution in [3.05, 3.63) is 82.1 Å². The van der Waals surface area contributed by atoms with Crippen LogP contribution in [-0.2, 0) is 24.6 Å². The normalized spacial score (nSPS) is 11.9. The lowest BCUT2D eigenvalue weighted by Crippen LogP contribution is -2.30. The standard InChI is InChI=1S/C25H23F3N4O2/c1-15(2)16-9-11-18(12-10-16)29-20(33)14-32-21(34)13-19(25(26,27)28)22-23(30-31(3)24(22)32)17-7-5-4-6-8-17/h4-13,15H,14H2,1-3H3,(H,29,33). The largest absolute Gasteiger partial charge is 0.417 e. The average molecular weight is 468 g/mol. The molecule has 0 saturated heterocycles. The minimum atomic E-state index is -4.77. The Morgan fingerprint density at radius 1 is 1.06 bits per heavy atom. The van der Waals surface area contributed by atoms with E-state index in [0.29, 0.717) is 23.2 Å². The van der Waals surface area contributed by atoms with Crippen molar-refractivity contribution >= 4 is 22.6 Å². The van der Waals surface area contributed by atoms with Crippen molar-refractivity contribution in [3.8, 4) is 11.3 Å². The molecule has 6 nitrogen and oxygen atoms in total. The quantitative estimate of drug-likeness (QED) is 0.439. The number of carbonyl (C=O) groups is 1. The third-order valence-electron chi connectivity index (χ3n) is 5.59. The van der Waals surface area contributed by atoms with Gasteiger partial charge in [0.2, 0.25) is 5.91 Å².